The summed E-state index contributed by atoms with van der Waals surface area (Å²) in [5, 5.41) is 2.01. The molecule has 0 unspecified atom stereocenters. The van der Waals surface area contributed by atoms with Crippen LogP contribution in [0.1, 0.15) is 4.88 Å². The van der Waals surface area contributed by atoms with E-state index in [1.54, 1.807) is 6.08 Å². The summed E-state index contributed by atoms with van der Waals surface area (Å²) >= 11 is 9.25. The van der Waals surface area contributed by atoms with E-state index in [1.807, 2.05) is 17.5 Å². The van der Waals surface area contributed by atoms with Gasteiger partial charge in [0.25, 0.3) is 15.9 Å². The fourth-order valence-corrected chi connectivity index (χ4v) is 6.33. The summed E-state index contributed by atoms with van der Waals surface area (Å²) < 4.78 is 29.1. The molecular formula is C15H11ClN2O3S4. The van der Waals surface area contributed by atoms with Gasteiger partial charge in [0.1, 0.15) is 4.21 Å². The highest BCUT2D eigenvalue weighted by Gasteiger charge is 2.34. The molecule has 0 aliphatic carbocycles. The minimum atomic E-state index is -3.93. The average molecular weight is 431 g/mol. The number of rotatable bonds is 5. The van der Waals surface area contributed by atoms with Crippen molar-refractivity contribution < 1.29 is 13.2 Å². The first-order valence-electron chi connectivity index (χ1n) is 6.87. The number of carbonyl (C=O) groups excluding carboxylic acids is 1. The molecule has 1 amide bonds. The second-order valence-electron chi connectivity index (χ2n) is 4.74. The summed E-state index contributed by atoms with van der Waals surface area (Å²) in [6, 6.07) is 6.65. The van der Waals surface area contributed by atoms with E-state index in [1.165, 1.54) is 34.4 Å². The zero-order valence-electron chi connectivity index (χ0n) is 12.6. The van der Waals surface area contributed by atoms with E-state index in [2.05, 4.69) is 11.0 Å². The minimum Gasteiger partial charge on any atom is -0.282 e. The van der Waals surface area contributed by atoms with Crippen LogP contribution in [0, 0.1) is 0 Å². The van der Waals surface area contributed by atoms with Crippen LogP contribution in [0.5, 0.6) is 0 Å². The third-order valence-corrected chi connectivity index (χ3v) is 7.92. The Morgan fingerprint density at radius 1 is 1.32 bits per heavy atom. The number of sulfonamides is 1. The predicted octanol–water partition coefficient (Wildman–Crippen LogP) is 4.31. The number of hydrogen-bond acceptors (Lipinski definition) is 6. The summed E-state index contributed by atoms with van der Waals surface area (Å²) in [7, 11) is -3.93. The topological polar surface area (TPSA) is 66.8 Å². The zero-order chi connectivity index (χ0) is 18.0. The van der Waals surface area contributed by atoms with E-state index in [0.717, 1.165) is 28.0 Å². The molecular weight excluding hydrogens is 420 g/mol. The Hall–Kier alpha value is -1.39. The van der Waals surface area contributed by atoms with Crippen LogP contribution in [-0.2, 0) is 14.8 Å². The number of nitrogens with zero attached hydrogens (tertiary/aromatic N) is 2. The van der Waals surface area contributed by atoms with Gasteiger partial charge in [0.2, 0.25) is 0 Å². The lowest BCUT2D eigenvalue weighted by molar-refractivity contribution is -0.121. The number of thioether (sulfide) groups is 1. The Morgan fingerprint density at radius 3 is 2.72 bits per heavy atom. The highest BCUT2D eigenvalue weighted by atomic mass is 35.5. The van der Waals surface area contributed by atoms with E-state index in [4.69, 9.17) is 11.6 Å². The zero-order valence-corrected chi connectivity index (χ0v) is 16.6. The van der Waals surface area contributed by atoms with Gasteiger partial charge in [-0.05, 0) is 41.4 Å². The van der Waals surface area contributed by atoms with Crippen LogP contribution in [0.4, 0.5) is 0 Å². The molecule has 0 atom stereocenters. The first-order valence-corrected chi connectivity index (χ1v) is 11.2. The first kappa shape index (κ1) is 18.4. The Balaban J connectivity index is 1.99. The van der Waals surface area contributed by atoms with Crippen LogP contribution < -0.4 is 0 Å². The van der Waals surface area contributed by atoms with Crippen LogP contribution in [0.15, 0.2) is 55.8 Å². The van der Waals surface area contributed by atoms with Gasteiger partial charge >= 0.3 is 0 Å². The molecule has 130 valence electrons. The SMILES string of the molecule is C=CCN1C(=O)/C(=C/c2cccs2)SC1=NS(=O)(=O)c1ccc(Cl)s1. The molecule has 1 saturated heterocycles. The molecule has 2 aromatic heterocycles. The largest absolute Gasteiger partial charge is 0.294 e. The second-order valence-corrected chi connectivity index (χ2v) is 10.3. The fraction of sp³-hybridized carbons (Fsp3) is 0.0667. The molecule has 10 heteroatoms. The highest BCUT2D eigenvalue weighted by molar-refractivity contribution is 8.19. The summed E-state index contributed by atoms with van der Waals surface area (Å²) in [4.78, 5) is 15.2. The lowest BCUT2D eigenvalue weighted by Gasteiger charge is -2.12. The van der Waals surface area contributed by atoms with Crippen molar-refractivity contribution in [3.05, 3.63) is 56.4 Å². The van der Waals surface area contributed by atoms with E-state index >= 15 is 0 Å². The molecule has 2 aromatic rings. The van der Waals surface area contributed by atoms with Gasteiger partial charge in [-0.1, -0.05) is 23.7 Å². The van der Waals surface area contributed by atoms with Crippen molar-refractivity contribution in [2.75, 3.05) is 6.54 Å². The van der Waals surface area contributed by atoms with E-state index in [-0.39, 0.29) is 21.8 Å². The predicted molar refractivity (Wildman–Crippen MR) is 106 cm³/mol. The smallest absolute Gasteiger partial charge is 0.282 e. The van der Waals surface area contributed by atoms with E-state index in [0.29, 0.717) is 9.24 Å². The number of hydrogen-bond donors (Lipinski definition) is 0. The van der Waals surface area contributed by atoms with Gasteiger partial charge in [-0.3, -0.25) is 9.69 Å². The van der Waals surface area contributed by atoms with Crippen molar-refractivity contribution in [1.82, 2.24) is 4.90 Å². The quantitative estimate of drug-likeness (QED) is 0.523. The molecule has 1 fully saturated rings. The minimum absolute atomic E-state index is 0.0345. The van der Waals surface area contributed by atoms with Gasteiger partial charge in [-0.15, -0.1) is 33.7 Å². The number of amides is 1. The monoisotopic (exact) mass is 430 g/mol. The molecule has 3 heterocycles. The van der Waals surface area contributed by atoms with Gasteiger partial charge < -0.3 is 0 Å². The van der Waals surface area contributed by atoms with Gasteiger partial charge in [0.15, 0.2) is 5.17 Å². The molecule has 0 radical (unpaired) electrons. The Bertz CT molecular complexity index is 974. The van der Waals surface area contributed by atoms with E-state index < -0.39 is 10.0 Å². The number of amidine groups is 1. The molecule has 1 aliphatic heterocycles. The third kappa shape index (κ3) is 4.06. The standard InChI is InChI=1S/C15H11ClN2O3S4/c1-2-7-18-14(19)11(9-10-4-3-8-22-10)23-15(18)17-25(20,21)13-6-5-12(16)24-13/h2-6,8-9H,1,7H2/b11-9-,17-15?. The summed E-state index contributed by atoms with van der Waals surface area (Å²) in [5.41, 5.74) is 0. The van der Waals surface area contributed by atoms with Crippen LogP contribution >= 0.6 is 46.0 Å². The molecule has 0 saturated carbocycles. The van der Waals surface area contributed by atoms with Gasteiger partial charge in [-0.25, -0.2) is 0 Å². The Morgan fingerprint density at radius 2 is 2.12 bits per heavy atom. The first-order chi connectivity index (χ1) is 11.9. The Labute approximate surface area is 162 Å². The fourth-order valence-electron chi connectivity index (χ4n) is 1.95. The summed E-state index contributed by atoms with van der Waals surface area (Å²) in [6.07, 6.45) is 3.25. The van der Waals surface area contributed by atoms with Crippen LogP contribution in [0.3, 0.4) is 0 Å². The lowest BCUT2D eigenvalue weighted by Crippen LogP contribution is -2.29. The van der Waals surface area contributed by atoms with Crippen molar-refractivity contribution in [3.63, 3.8) is 0 Å². The van der Waals surface area contributed by atoms with Gasteiger partial charge in [-0.2, -0.15) is 8.42 Å². The molecule has 1 aliphatic rings. The lowest BCUT2D eigenvalue weighted by atomic mass is 10.3. The Kier molecular flexibility index (Phi) is 5.49. The third-order valence-electron chi connectivity index (χ3n) is 3.02. The van der Waals surface area contributed by atoms with E-state index in [9.17, 15) is 13.2 Å². The van der Waals surface area contributed by atoms with Crippen LogP contribution in [0.2, 0.25) is 4.34 Å². The van der Waals surface area contributed by atoms with Crippen molar-refractivity contribution >= 4 is 73.2 Å². The maximum Gasteiger partial charge on any atom is 0.294 e. The highest BCUT2D eigenvalue weighted by Crippen LogP contribution is 2.35. The van der Waals surface area contributed by atoms with Crippen LogP contribution in [-0.4, -0.2) is 30.9 Å². The molecule has 5 nitrogen and oxygen atoms in total. The molecule has 0 N–H and O–H groups in total. The normalized spacial score (nSPS) is 18.4. The van der Waals surface area contributed by atoms with Crippen molar-refractivity contribution in [3.8, 4) is 0 Å². The number of carbonyl (C=O) groups is 1. The number of halogens is 1. The maximum atomic E-state index is 12.6. The number of thiophene rings is 2. The summed E-state index contributed by atoms with van der Waals surface area (Å²) in [6.45, 7) is 3.79. The van der Waals surface area contributed by atoms with Crippen molar-refractivity contribution in [2.24, 2.45) is 4.40 Å². The van der Waals surface area contributed by atoms with Crippen LogP contribution in [0.25, 0.3) is 6.08 Å². The van der Waals surface area contributed by atoms with Gasteiger partial charge in [0, 0.05) is 11.4 Å². The molecule has 0 bridgehead atoms. The van der Waals surface area contributed by atoms with Crippen molar-refractivity contribution in [2.45, 2.75) is 4.21 Å². The molecule has 0 aromatic carbocycles. The second kappa shape index (κ2) is 7.46. The maximum absolute atomic E-state index is 12.6. The summed E-state index contributed by atoms with van der Waals surface area (Å²) in [5.74, 6) is -0.295. The van der Waals surface area contributed by atoms with Gasteiger partial charge in [0.05, 0.1) is 9.24 Å². The molecule has 0 spiro atoms. The average Bonchev–Trinajstić information content (AvgIpc) is 3.26. The van der Waals surface area contributed by atoms with Crippen molar-refractivity contribution in [1.29, 1.82) is 0 Å². The molecule has 3 rings (SSSR count). The molecule has 25 heavy (non-hydrogen) atoms.